The zero-order valence-electron chi connectivity index (χ0n) is 6.47. The van der Waals surface area contributed by atoms with Crippen molar-refractivity contribution >= 4 is 13.5 Å². The first-order valence-corrected chi connectivity index (χ1v) is 3.48. The van der Waals surface area contributed by atoms with Crippen molar-refractivity contribution in [1.82, 2.24) is 4.92 Å². The highest BCUT2D eigenvalue weighted by Gasteiger charge is 2.10. The van der Waals surface area contributed by atoms with E-state index < -0.39 is 13.5 Å². The number of nitrogens with two attached hydrogens (primary N) is 1. The van der Waals surface area contributed by atoms with Gasteiger partial charge in [0, 0.05) is 5.56 Å². The highest BCUT2D eigenvalue weighted by atomic mass is 16.2. The Kier molecular flexibility index (Phi) is 2.84. The van der Waals surface area contributed by atoms with Gasteiger partial charge in [-0.1, -0.05) is 18.2 Å². The first-order valence-electron chi connectivity index (χ1n) is 3.48. The van der Waals surface area contributed by atoms with Gasteiger partial charge in [-0.05, 0) is 12.1 Å². The summed E-state index contributed by atoms with van der Waals surface area (Å²) < 4.78 is 0. The van der Waals surface area contributed by atoms with E-state index in [1.807, 2.05) is 0 Å². The molecule has 12 heavy (non-hydrogen) atoms. The Morgan fingerprint density at radius 3 is 2.50 bits per heavy atom. The fourth-order valence-electron chi connectivity index (χ4n) is 0.811. The lowest BCUT2D eigenvalue weighted by molar-refractivity contribution is 0.0848. The Morgan fingerprint density at radius 1 is 1.42 bits per heavy atom. The molecule has 1 rings (SSSR count). The van der Waals surface area contributed by atoms with E-state index in [-0.39, 0.29) is 0 Å². The molecule has 0 spiro atoms. The number of benzene rings is 1. The van der Waals surface area contributed by atoms with Gasteiger partial charge in [-0.2, -0.15) is 0 Å². The van der Waals surface area contributed by atoms with Crippen molar-refractivity contribution in [2.75, 3.05) is 0 Å². The Hall–Kier alpha value is -1.33. The van der Waals surface area contributed by atoms with Crippen LogP contribution in [-0.4, -0.2) is 23.5 Å². The van der Waals surface area contributed by atoms with Gasteiger partial charge < -0.3 is 5.02 Å². The molecule has 0 aliphatic heterocycles. The van der Waals surface area contributed by atoms with Crippen LogP contribution in [0.5, 0.6) is 0 Å². The van der Waals surface area contributed by atoms with E-state index in [1.165, 1.54) is 0 Å². The molecule has 62 valence electrons. The second-order valence-corrected chi connectivity index (χ2v) is 2.28. The molecule has 0 aliphatic rings. The topological polar surface area (TPSA) is 66.6 Å². The van der Waals surface area contributed by atoms with E-state index in [2.05, 4.69) is 0 Å². The summed E-state index contributed by atoms with van der Waals surface area (Å²) in [5, 5.41) is 8.55. The second-order valence-electron chi connectivity index (χ2n) is 2.28. The molecular weight excluding hydrogens is 155 g/mol. The van der Waals surface area contributed by atoms with Crippen LogP contribution in [0.2, 0.25) is 0 Å². The first-order chi connectivity index (χ1) is 5.75. The molecule has 5 heteroatoms. The quantitative estimate of drug-likeness (QED) is 0.262. The Bertz CT molecular complexity index is 265. The summed E-state index contributed by atoms with van der Waals surface area (Å²) in [5.74, 6) is 4.79. The summed E-state index contributed by atoms with van der Waals surface area (Å²) in [6.45, 7) is 0. The number of amides is 1. The predicted molar refractivity (Wildman–Crippen MR) is 46.2 cm³/mol. The number of hydrogen-bond acceptors (Lipinski definition) is 3. The Labute approximate surface area is 70.9 Å². The third kappa shape index (κ3) is 1.84. The fraction of sp³-hybridized carbons (Fsp3) is 0. The summed E-state index contributed by atoms with van der Waals surface area (Å²) in [5.41, 5.74) is 0.467. The molecule has 0 atom stereocenters. The number of carbonyl (C=O) groups is 1. The number of nitrogens with zero attached hydrogens (tertiary/aromatic N) is 1. The van der Waals surface area contributed by atoms with Crippen LogP contribution in [0.1, 0.15) is 10.4 Å². The van der Waals surface area contributed by atoms with E-state index in [0.717, 1.165) is 4.92 Å². The lowest BCUT2D eigenvalue weighted by Crippen LogP contribution is -2.40. The third-order valence-corrected chi connectivity index (χ3v) is 1.43. The number of hydrogen-bond donors (Lipinski definition) is 2. The molecule has 3 N–H and O–H groups in total. The van der Waals surface area contributed by atoms with Gasteiger partial charge >= 0.3 is 7.62 Å². The van der Waals surface area contributed by atoms with Crippen molar-refractivity contribution in [2.45, 2.75) is 0 Å². The second kappa shape index (κ2) is 3.89. The van der Waals surface area contributed by atoms with Crippen molar-refractivity contribution in [1.29, 1.82) is 0 Å². The summed E-state index contributed by atoms with van der Waals surface area (Å²) in [6.07, 6.45) is 0. The van der Waals surface area contributed by atoms with E-state index in [1.54, 1.807) is 30.3 Å². The fourth-order valence-corrected chi connectivity index (χ4v) is 0.811. The van der Waals surface area contributed by atoms with Crippen LogP contribution in [0.15, 0.2) is 30.3 Å². The average molecular weight is 164 g/mol. The molecular formula is C7H9BN2O2. The summed E-state index contributed by atoms with van der Waals surface area (Å²) in [6, 6.07) is 8.54. The largest absolute Gasteiger partial charge is 0.434 e. The monoisotopic (exact) mass is 164 g/mol. The normalized spacial score (nSPS) is 9.17. The van der Waals surface area contributed by atoms with Gasteiger partial charge in [0.15, 0.2) is 0 Å². The molecule has 1 amide bonds. The van der Waals surface area contributed by atoms with Crippen LogP contribution in [0, 0.1) is 0 Å². The van der Waals surface area contributed by atoms with E-state index in [9.17, 15) is 4.79 Å². The van der Waals surface area contributed by atoms with Gasteiger partial charge in [-0.3, -0.25) is 15.6 Å². The minimum atomic E-state index is -0.478. The van der Waals surface area contributed by atoms with Crippen LogP contribution >= 0.6 is 0 Å². The standard InChI is InChI=1S/C7H9BN2O2/c9-10(8-12)7(11)6-4-2-1-3-5-6/h1-5,8,12H,9H2. The van der Waals surface area contributed by atoms with E-state index >= 15 is 0 Å². The lowest BCUT2D eigenvalue weighted by Gasteiger charge is -2.11. The first kappa shape index (κ1) is 8.77. The van der Waals surface area contributed by atoms with Crippen LogP contribution < -0.4 is 5.84 Å². The number of hydrazine groups is 1. The zero-order chi connectivity index (χ0) is 8.97. The number of rotatable bonds is 2. The smallest absolute Gasteiger partial charge is 0.412 e. The minimum absolute atomic E-state index is 0.391. The summed E-state index contributed by atoms with van der Waals surface area (Å²) in [4.78, 5) is 12.0. The SMILES string of the molecule is NN(BO)C(=O)c1ccccc1. The van der Waals surface area contributed by atoms with Gasteiger partial charge in [-0.15, -0.1) is 0 Å². The highest BCUT2D eigenvalue weighted by Crippen LogP contribution is 1.99. The Balaban J connectivity index is 2.79. The number of carbonyl (C=O) groups excluding carboxylic acids is 1. The van der Waals surface area contributed by atoms with Gasteiger partial charge in [0.05, 0.1) is 0 Å². The zero-order valence-corrected chi connectivity index (χ0v) is 6.47. The van der Waals surface area contributed by atoms with Gasteiger partial charge in [0.25, 0.3) is 5.91 Å². The van der Waals surface area contributed by atoms with Crippen molar-refractivity contribution in [3.63, 3.8) is 0 Å². The predicted octanol–water partition coefficient (Wildman–Crippen LogP) is -0.739. The molecule has 0 unspecified atom stereocenters. The molecule has 1 aromatic rings. The maximum absolute atomic E-state index is 11.2. The maximum atomic E-state index is 11.2. The van der Waals surface area contributed by atoms with Gasteiger partial charge in [0.1, 0.15) is 0 Å². The molecule has 0 saturated carbocycles. The molecule has 0 saturated heterocycles. The highest BCUT2D eigenvalue weighted by molar-refractivity contribution is 6.29. The lowest BCUT2D eigenvalue weighted by atomic mass is 10.1. The van der Waals surface area contributed by atoms with Crippen molar-refractivity contribution in [3.05, 3.63) is 35.9 Å². The Morgan fingerprint density at radius 2 is 2.00 bits per heavy atom. The molecule has 1 aromatic carbocycles. The van der Waals surface area contributed by atoms with Gasteiger partial charge in [0.2, 0.25) is 0 Å². The van der Waals surface area contributed by atoms with Gasteiger partial charge in [-0.25, -0.2) is 0 Å². The molecule has 0 aromatic heterocycles. The molecule has 4 nitrogen and oxygen atoms in total. The van der Waals surface area contributed by atoms with Crippen molar-refractivity contribution < 1.29 is 9.82 Å². The maximum Gasteiger partial charge on any atom is 0.412 e. The summed E-state index contributed by atoms with van der Waals surface area (Å²) in [7, 11) is -0.478. The van der Waals surface area contributed by atoms with Crippen LogP contribution in [0.3, 0.4) is 0 Å². The van der Waals surface area contributed by atoms with Crippen LogP contribution in [0.4, 0.5) is 0 Å². The van der Waals surface area contributed by atoms with Crippen molar-refractivity contribution in [3.8, 4) is 0 Å². The van der Waals surface area contributed by atoms with E-state index in [0.29, 0.717) is 5.56 Å². The van der Waals surface area contributed by atoms with E-state index in [4.69, 9.17) is 10.9 Å². The minimum Gasteiger partial charge on any atom is -0.434 e. The molecule has 0 fully saturated rings. The van der Waals surface area contributed by atoms with Crippen LogP contribution in [0.25, 0.3) is 0 Å². The molecule has 0 aliphatic carbocycles. The third-order valence-electron chi connectivity index (χ3n) is 1.43. The van der Waals surface area contributed by atoms with Crippen LogP contribution in [-0.2, 0) is 0 Å². The summed E-state index contributed by atoms with van der Waals surface area (Å²) >= 11 is 0. The molecule has 0 radical (unpaired) electrons. The molecule has 0 heterocycles. The average Bonchev–Trinajstić information content (AvgIpc) is 2.17. The molecule has 0 bridgehead atoms. The van der Waals surface area contributed by atoms with Crippen molar-refractivity contribution in [2.24, 2.45) is 5.84 Å².